The van der Waals surface area contributed by atoms with Gasteiger partial charge >= 0.3 is 0 Å². The van der Waals surface area contributed by atoms with Gasteiger partial charge in [0.2, 0.25) is 18.3 Å². The van der Waals surface area contributed by atoms with Crippen LogP contribution in [0.1, 0.15) is 37.8 Å². The lowest BCUT2D eigenvalue weighted by molar-refractivity contribution is -0.0154. The first-order chi connectivity index (χ1) is 14.8. The standard InChI is InChI=1S/C24H30O7/c1-12-8-14-9-17-21(31-11-30-17)22(28-6)18(14)19-15(13(2)24(12,3)25)10-16(26-4)20(27-5)23(19)29-7/h9-10,12-13,25H,8,11H2,1-7H3/t12-,13?,24+/m0/s1. The Kier molecular flexibility index (Phi) is 5.33. The van der Waals surface area contributed by atoms with Crippen molar-refractivity contribution in [3.8, 4) is 45.6 Å². The third-order valence-corrected chi connectivity index (χ3v) is 6.88. The van der Waals surface area contributed by atoms with Crippen LogP contribution in [0.5, 0.6) is 34.5 Å². The molecule has 31 heavy (non-hydrogen) atoms. The molecule has 0 aromatic heterocycles. The van der Waals surface area contributed by atoms with Crippen molar-refractivity contribution in [2.24, 2.45) is 5.92 Å². The molecule has 1 aliphatic carbocycles. The summed E-state index contributed by atoms with van der Waals surface area (Å²) in [6.07, 6.45) is 0.622. The summed E-state index contributed by atoms with van der Waals surface area (Å²) >= 11 is 0. The Balaban J connectivity index is 2.19. The zero-order valence-corrected chi connectivity index (χ0v) is 19.1. The largest absolute Gasteiger partial charge is 0.493 e. The summed E-state index contributed by atoms with van der Waals surface area (Å²) in [6.45, 7) is 6.09. The minimum Gasteiger partial charge on any atom is -0.493 e. The molecule has 168 valence electrons. The van der Waals surface area contributed by atoms with Crippen LogP contribution in [0.3, 0.4) is 0 Å². The van der Waals surface area contributed by atoms with Crippen molar-refractivity contribution in [2.75, 3.05) is 35.2 Å². The maximum absolute atomic E-state index is 11.6. The van der Waals surface area contributed by atoms with Gasteiger partial charge in [-0.3, -0.25) is 0 Å². The lowest BCUT2D eigenvalue weighted by atomic mass is 9.69. The Morgan fingerprint density at radius 3 is 2.19 bits per heavy atom. The average molecular weight is 430 g/mol. The Labute approximate surface area is 182 Å². The number of methoxy groups -OCH3 is 4. The van der Waals surface area contributed by atoms with Crippen LogP contribution >= 0.6 is 0 Å². The molecule has 3 atom stereocenters. The molecule has 1 aliphatic heterocycles. The van der Waals surface area contributed by atoms with E-state index in [2.05, 4.69) is 6.92 Å². The number of fused-ring (bicyclic) bond motifs is 4. The van der Waals surface area contributed by atoms with E-state index in [1.807, 2.05) is 26.0 Å². The fraction of sp³-hybridized carbons (Fsp3) is 0.500. The SMILES string of the molecule is COc1cc2c(c(OC)c1OC)-c1c(cc3c(c1OC)OCO3)C[C@H](C)[C@@](C)(O)C2C. The molecule has 0 fully saturated rings. The average Bonchev–Trinajstić information content (AvgIpc) is 3.23. The van der Waals surface area contributed by atoms with Gasteiger partial charge in [-0.2, -0.15) is 0 Å². The van der Waals surface area contributed by atoms with Crippen LogP contribution in [0.2, 0.25) is 0 Å². The predicted octanol–water partition coefficient (Wildman–Crippen LogP) is 4.16. The van der Waals surface area contributed by atoms with E-state index in [4.69, 9.17) is 28.4 Å². The third kappa shape index (κ3) is 3.05. The van der Waals surface area contributed by atoms with Crippen molar-refractivity contribution >= 4 is 0 Å². The molecule has 1 N–H and O–H groups in total. The van der Waals surface area contributed by atoms with Crippen molar-refractivity contribution in [1.82, 2.24) is 0 Å². The highest BCUT2D eigenvalue weighted by Crippen LogP contribution is 2.58. The first-order valence-corrected chi connectivity index (χ1v) is 10.3. The smallest absolute Gasteiger partial charge is 0.231 e. The van der Waals surface area contributed by atoms with Crippen LogP contribution in [-0.4, -0.2) is 45.9 Å². The van der Waals surface area contributed by atoms with E-state index in [0.717, 1.165) is 22.3 Å². The molecule has 0 saturated carbocycles. The van der Waals surface area contributed by atoms with Crippen LogP contribution in [0.15, 0.2) is 12.1 Å². The summed E-state index contributed by atoms with van der Waals surface area (Å²) in [5.41, 5.74) is 2.52. The monoisotopic (exact) mass is 430 g/mol. The van der Waals surface area contributed by atoms with E-state index in [-0.39, 0.29) is 18.6 Å². The summed E-state index contributed by atoms with van der Waals surface area (Å²) in [6, 6.07) is 3.89. The van der Waals surface area contributed by atoms with Gasteiger partial charge in [-0.25, -0.2) is 0 Å². The second kappa shape index (κ2) is 7.71. The first kappa shape index (κ1) is 21.4. The molecule has 0 spiro atoms. The van der Waals surface area contributed by atoms with Crippen LogP contribution < -0.4 is 28.4 Å². The molecular formula is C24H30O7. The molecule has 0 bridgehead atoms. The Morgan fingerprint density at radius 2 is 1.58 bits per heavy atom. The number of benzene rings is 2. The normalized spacial score (nSPS) is 23.9. The summed E-state index contributed by atoms with van der Waals surface area (Å²) in [7, 11) is 6.38. The molecule has 2 aromatic rings. The highest BCUT2D eigenvalue weighted by molar-refractivity contribution is 5.89. The van der Waals surface area contributed by atoms with Crippen molar-refractivity contribution in [3.63, 3.8) is 0 Å². The third-order valence-electron chi connectivity index (χ3n) is 6.88. The molecule has 0 radical (unpaired) electrons. The van der Waals surface area contributed by atoms with Gasteiger partial charge in [-0.15, -0.1) is 0 Å². The summed E-state index contributed by atoms with van der Waals surface area (Å²) < 4.78 is 34.5. The Bertz CT molecular complexity index is 1010. The van der Waals surface area contributed by atoms with Crippen LogP contribution in [0.4, 0.5) is 0 Å². The number of ether oxygens (including phenoxy) is 6. The van der Waals surface area contributed by atoms with E-state index in [0.29, 0.717) is 40.9 Å². The number of hydrogen-bond donors (Lipinski definition) is 1. The van der Waals surface area contributed by atoms with E-state index >= 15 is 0 Å². The molecule has 2 aromatic carbocycles. The molecule has 0 amide bonds. The topological polar surface area (TPSA) is 75.6 Å². The maximum atomic E-state index is 11.6. The van der Waals surface area contributed by atoms with Gasteiger partial charge in [-0.05, 0) is 42.5 Å². The zero-order valence-electron chi connectivity index (χ0n) is 19.1. The fourth-order valence-electron chi connectivity index (χ4n) is 4.75. The zero-order chi connectivity index (χ0) is 22.5. The van der Waals surface area contributed by atoms with Gasteiger partial charge in [-0.1, -0.05) is 13.8 Å². The van der Waals surface area contributed by atoms with Gasteiger partial charge in [0.15, 0.2) is 23.0 Å². The van der Waals surface area contributed by atoms with Crippen molar-refractivity contribution in [3.05, 3.63) is 23.3 Å². The number of hydrogen-bond acceptors (Lipinski definition) is 7. The van der Waals surface area contributed by atoms with Gasteiger partial charge in [0, 0.05) is 17.0 Å². The predicted molar refractivity (Wildman–Crippen MR) is 116 cm³/mol. The summed E-state index contributed by atoms with van der Waals surface area (Å²) in [5.74, 6) is 3.05. The molecule has 7 nitrogen and oxygen atoms in total. The molecule has 1 heterocycles. The highest BCUT2D eigenvalue weighted by Gasteiger charge is 2.42. The second-order valence-electron chi connectivity index (χ2n) is 8.34. The number of aliphatic hydroxyl groups is 1. The highest BCUT2D eigenvalue weighted by atomic mass is 16.7. The van der Waals surface area contributed by atoms with Gasteiger partial charge < -0.3 is 33.5 Å². The van der Waals surface area contributed by atoms with Crippen molar-refractivity contribution in [1.29, 1.82) is 0 Å². The van der Waals surface area contributed by atoms with Crippen LogP contribution in [-0.2, 0) is 6.42 Å². The van der Waals surface area contributed by atoms with Crippen LogP contribution in [0, 0.1) is 5.92 Å². The second-order valence-corrected chi connectivity index (χ2v) is 8.34. The van der Waals surface area contributed by atoms with Gasteiger partial charge in [0.05, 0.1) is 34.0 Å². The Morgan fingerprint density at radius 1 is 0.903 bits per heavy atom. The minimum atomic E-state index is -0.985. The lowest BCUT2D eigenvalue weighted by Gasteiger charge is -2.40. The maximum Gasteiger partial charge on any atom is 0.231 e. The van der Waals surface area contributed by atoms with Gasteiger partial charge in [0.1, 0.15) is 0 Å². The van der Waals surface area contributed by atoms with E-state index < -0.39 is 5.60 Å². The van der Waals surface area contributed by atoms with Crippen LogP contribution in [0.25, 0.3) is 11.1 Å². The van der Waals surface area contributed by atoms with E-state index in [1.54, 1.807) is 28.4 Å². The number of rotatable bonds is 4. The molecule has 1 unspecified atom stereocenters. The minimum absolute atomic E-state index is 0.0430. The Hall–Kier alpha value is -2.80. The summed E-state index contributed by atoms with van der Waals surface area (Å²) in [4.78, 5) is 0. The molecule has 4 rings (SSSR count). The summed E-state index contributed by atoms with van der Waals surface area (Å²) in [5, 5.41) is 11.6. The lowest BCUT2D eigenvalue weighted by Crippen LogP contribution is -2.40. The molecule has 7 heteroatoms. The molecule has 2 aliphatic rings. The molecular weight excluding hydrogens is 400 g/mol. The molecule has 0 saturated heterocycles. The van der Waals surface area contributed by atoms with Gasteiger partial charge in [0.25, 0.3) is 0 Å². The van der Waals surface area contributed by atoms with Crippen molar-refractivity contribution in [2.45, 2.75) is 38.7 Å². The van der Waals surface area contributed by atoms with E-state index in [1.165, 1.54) is 0 Å². The van der Waals surface area contributed by atoms with Crippen molar-refractivity contribution < 1.29 is 33.5 Å². The quantitative estimate of drug-likeness (QED) is 0.780. The first-order valence-electron chi connectivity index (χ1n) is 10.3. The fourth-order valence-corrected chi connectivity index (χ4v) is 4.75. The van der Waals surface area contributed by atoms with E-state index in [9.17, 15) is 5.11 Å².